The summed E-state index contributed by atoms with van der Waals surface area (Å²) in [6, 6.07) is 11.9. The third-order valence-corrected chi connectivity index (χ3v) is 3.45. The lowest BCUT2D eigenvalue weighted by Gasteiger charge is -2.16. The van der Waals surface area contributed by atoms with Crippen molar-refractivity contribution in [2.45, 2.75) is 0 Å². The second-order valence-corrected chi connectivity index (χ2v) is 5.10. The summed E-state index contributed by atoms with van der Waals surface area (Å²) in [4.78, 5) is 0. The Morgan fingerprint density at radius 3 is 2.40 bits per heavy atom. The number of nitrogens with two attached hydrogens (primary N) is 3. The molecule has 0 aliphatic rings. The molecule has 0 spiro atoms. The molecule has 0 aromatic heterocycles. The number of anilines is 2. The van der Waals surface area contributed by atoms with Gasteiger partial charge < -0.3 is 16.6 Å². The van der Waals surface area contributed by atoms with Crippen LogP contribution in [0.4, 0.5) is 11.4 Å². The van der Waals surface area contributed by atoms with Crippen LogP contribution >= 0.6 is 15.9 Å². The Hall–Kier alpha value is -2.18. The Bertz CT molecular complexity index is 640. The third kappa shape index (κ3) is 3.23. The highest BCUT2D eigenvalue weighted by Gasteiger charge is 2.04. The molecule has 20 heavy (non-hydrogen) atoms. The minimum absolute atomic E-state index is 0.189. The summed E-state index contributed by atoms with van der Waals surface area (Å²) < 4.78 is 0.766. The third-order valence-electron chi connectivity index (χ3n) is 2.76. The van der Waals surface area contributed by atoms with Gasteiger partial charge in [0.05, 0.1) is 11.4 Å². The minimum atomic E-state index is 0.189. The smallest absolute Gasteiger partial charge is 0.115 e. The van der Waals surface area contributed by atoms with E-state index < -0.39 is 0 Å². The molecule has 2 rings (SSSR count). The first-order chi connectivity index (χ1) is 9.47. The molecule has 7 N–H and O–H groups in total. The highest BCUT2D eigenvalue weighted by Crippen LogP contribution is 2.25. The van der Waals surface area contributed by atoms with Crippen molar-refractivity contribution in [3.63, 3.8) is 0 Å². The molecule has 2 aromatic carbocycles. The molecule has 0 atom stereocenters. The predicted molar refractivity (Wildman–Crippen MR) is 85.5 cm³/mol. The van der Waals surface area contributed by atoms with E-state index in [0.717, 1.165) is 15.7 Å². The van der Waals surface area contributed by atoms with Gasteiger partial charge in [-0.1, -0.05) is 0 Å². The maximum atomic E-state index is 9.24. The molecule has 0 aliphatic carbocycles. The molecule has 0 saturated heterocycles. The van der Waals surface area contributed by atoms with Crippen LogP contribution in [0.3, 0.4) is 0 Å². The highest BCUT2D eigenvalue weighted by atomic mass is 79.9. The summed E-state index contributed by atoms with van der Waals surface area (Å²) in [7, 11) is 0. The number of phenols is 1. The lowest BCUT2D eigenvalue weighted by Crippen LogP contribution is -2.25. The van der Waals surface area contributed by atoms with Gasteiger partial charge in [-0.15, -0.1) is 0 Å². The van der Waals surface area contributed by atoms with E-state index in [0.29, 0.717) is 11.4 Å². The summed E-state index contributed by atoms with van der Waals surface area (Å²) in [5, 5.41) is 10.7. The molecule has 0 saturated carbocycles. The zero-order valence-electron chi connectivity index (χ0n) is 10.6. The quantitative estimate of drug-likeness (QED) is 0.392. The molecule has 2 aromatic rings. The topological polar surface area (TPSA) is 102 Å². The average molecular weight is 335 g/mol. The van der Waals surface area contributed by atoms with Crippen LogP contribution in [0.15, 0.2) is 53.1 Å². The van der Waals surface area contributed by atoms with Gasteiger partial charge in [-0.05, 0) is 64.0 Å². The van der Waals surface area contributed by atoms with Gasteiger partial charge in [-0.3, -0.25) is 5.01 Å². The summed E-state index contributed by atoms with van der Waals surface area (Å²) in [5.74, 6) is 6.14. The van der Waals surface area contributed by atoms with E-state index >= 15 is 0 Å². The Balaban J connectivity index is 2.24. The van der Waals surface area contributed by atoms with Crippen LogP contribution < -0.4 is 22.3 Å². The fraction of sp³-hybridized carbons (Fsp3) is 0. The largest absolute Gasteiger partial charge is 0.508 e. The van der Waals surface area contributed by atoms with Crippen molar-refractivity contribution in [2.24, 2.45) is 11.6 Å². The van der Waals surface area contributed by atoms with Crippen molar-refractivity contribution in [3.05, 3.63) is 58.7 Å². The molecule has 0 amide bonds. The Kier molecular flexibility index (Phi) is 4.16. The fourth-order valence-corrected chi connectivity index (χ4v) is 2.00. The minimum Gasteiger partial charge on any atom is -0.508 e. The van der Waals surface area contributed by atoms with Crippen molar-refractivity contribution in [3.8, 4) is 5.75 Å². The van der Waals surface area contributed by atoms with Gasteiger partial charge in [0.25, 0.3) is 0 Å². The number of nitrogens with zero attached hydrogens (tertiary/aromatic N) is 1. The van der Waals surface area contributed by atoms with E-state index in [-0.39, 0.29) is 5.75 Å². The number of rotatable bonds is 3. The van der Waals surface area contributed by atoms with Crippen molar-refractivity contribution in [1.29, 1.82) is 0 Å². The van der Waals surface area contributed by atoms with Crippen LogP contribution in [-0.2, 0) is 0 Å². The second kappa shape index (κ2) is 5.85. The number of hydrazine groups is 1. The summed E-state index contributed by atoms with van der Waals surface area (Å²) >= 11 is 3.35. The van der Waals surface area contributed by atoms with Crippen LogP contribution in [0.5, 0.6) is 5.75 Å². The first-order valence-electron chi connectivity index (χ1n) is 5.83. The van der Waals surface area contributed by atoms with E-state index in [4.69, 9.17) is 17.3 Å². The number of aromatic hydroxyl groups is 1. The first kappa shape index (κ1) is 14.2. The number of hydrogen-bond acceptors (Lipinski definition) is 5. The van der Waals surface area contributed by atoms with E-state index in [1.165, 1.54) is 5.01 Å². The van der Waals surface area contributed by atoms with Crippen LogP contribution in [-0.4, -0.2) is 5.11 Å². The van der Waals surface area contributed by atoms with Crippen LogP contribution in [0, 0.1) is 0 Å². The molecule has 0 bridgehead atoms. The van der Waals surface area contributed by atoms with Crippen molar-refractivity contribution < 1.29 is 5.11 Å². The second-order valence-electron chi connectivity index (χ2n) is 4.24. The molecule has 0 heterocycles. The standard InChI is InChI=1S/C14H15BrN4O/c15-12-7-10(3-6-13(12)16)19(18)8-14(17)9-1-4-11(20)5-2-9/h1-8,20H,16-18H2/b14-8-. The average Bonchev–Trinajstić information content (AvgIpc) is 2.42. The summed E-state index contributed by atoms with van der Waals surface area (Å²) in [5.41, 5.74) is 14.3. The van der Waals surface area contributed by atoms with Crippen LogP contribution in [0.2, 0.25) is 0 Å². The molecular formula is C14H15BrN4O. The van der Waals surface area contributed by atoms with Gasteiger partial charge in [-0.25, -0.2) is 5.84 Å². The normalized spacial score (nSPS) is 11.4. The zero-order valence-corrected chi connectivity index (χ0v) is 12.2. The molecule has 0 radical (unpaired) electrons. The molecule has 0 unspecified atom stereocenters. The van der Waals surface area contributed by atoms with Crippen molar-refractivity contribution in [1.82, 2.24) is 0 Å². The van der Waals surface area contributed by atoms with Gasteiger partial charge in [0, 0.05) is 16.4 Å². The Morgan fingerprint density at radius 2 is 1.80 bits per heavy atom. The predicted octanol–water partition coefficient (Wildman–Crippen LogP) is 2.37. The first-order valence-corrected chi connectivity index (χ1v) is 6.62. The molecule has 6 heteroatoms. The van der Waals surface area contributed by atoms with Gasteiger partial charge in [-0.2, -0.15) is 0 Å². The van der Waals surface area contributed by atoms with Gasteiger partial charge in [0.1, 0.15) is 5.75 Å². The van der Waals surface area contributed by atoms with Crippen LogP contribution in [0.25, 0.3) is 5.70 Å². The Morgan fingerprint density at radius 1 is 1.15 bits per heavy atom. The number of halogens is 1. The molecule has 104 valence electrons. The Labute approximate surface area is 125 Å². The number of hydrogen-bond donors (Lipinski definition) is 4. The van der Waals surface area contributed by atoms with E-state index in [2.05, 4.69) is 15.9 Å². The summed E-state index contributed by atoms with van der Waals surface area (Å²) in [6.45, 7) is 0. The molecule has 0 aliphatic heterocycles. The molecule has 5 nitrogen and oxygen atoms in total. The number of nitrogen functional groups attached to an aromatic ring is 1. The van der Waals surface area contributed by atoms with E-state index in [9.17, 15) is 5.11 Å². The van der Waals surface area contributed by atoms with Gasteiger partial charge >= 0.3 is 0 Å². The number of benzene rings is 2. The zero-order chi connectivity index (χ0) is 14.7. The van der Waals surface area contributed by atoms with Gasteiger partial charge in [0.15, 0.2) is 0 Å². The van der Waals surface area contributed by atoms with E-state index in [1.54, 1.807) is 48.7 Å². The lowest BCUT2D eigenvalue weighted by molar-refractivity contribution is 0.475. The lowest BCUT2D eigenvalue weighted by atomic mass is 10.1. The summed E-state index contributed by atoms with van der Waals surface area (Å²) in [6.07, 6.45) is 1.60. The number of phenolic OH excluding ortho intramolecular Hbond substituents is 1. The molecule has 0 fully saturated rings. The van der Waals surface area contributed by atoms with E-state index in [1.807, 2.05) is 0 Å². The fourth-order valence-electron chi connectivity index (χ4n) is 1.63. The SMILES string of the molecule is N/C(=C\N(N)c1ccc(N)c(Br)c1)c1ccc(O)cc1. The van der Waals surface area contributed by atoms with Crippen molar-refractivity contribution >= 4 is 33.0 Å². The maximum Gasteiger partial charge on any atom is 0.115 e. The van der Waals surface area contributed by atoms with Crippen molar-refractivity contribution in [2.75, 3.05) is 10.7 Å². The van der Waals surface area contributed by atoms with Gasteiger partial charge in [0.2, 0.25) is 0 Å². The monoisotopic (exact) mass is 334 g/mol. The van der Waals surface area contributed by atoms with Crippen LogP contribution in [0.1, 0.15) is 5.56 Å². The maximum absolute atomic E-state index is 9.24. The molecular weight excluding hydrogens is 320 g/mol. The highest BCUT2D eigenvalue weighted by molar-refractivity contribution is 9.10.